The maximum atomic E-state index is 12.5. The van der Waals surface area contributed by atoms with Crippen LogP contribution in [0.4, 0.5) is 0 Å². The van der Waals surface area contributed by atoms with Crippen molar-refractivity contribution in [1.82, 2.24) is 0 Å². The van der Waals surface area contributed by atoms with Gasteiger partial charge in [-0.05, 0) is 51.4 Å². The number of hydrogen-bond donors (Lipinski definition) is 3. The normalized spacial score (nSPS) is 14.6. The highest BCUT2D eigenvalue weighted by atomic mass is 31.2. The monoisotopic (exact) mass is 688 g/mol. The van der Waals surface area contributed by atoms with E-state index >= 15 is 0 Å². The summed E-state index contributed by atoms with van der Waals surface area (Å²) in [6.07, 6.45) is 30.0. The lowest BCUT2D eigenvalue weighted by Crippen LogP contribution is -2.29. The van der Waals surface area contributed by atoms with Gasteiger partial charge < -0.3 is 24.6 Å². The minimum absolute atomic E-state index is 0.0763. The molecule has 0 amide bonds. The highest BCUT2D eigenvalue weighted by Gasteiger charge is 2.27. The van der Waals surface area contributed by atoms with Crippen LogP contribution in [0.2, 0.25) is 0 Å². The second kappa shape index (κ2) is 32.7. The van der Waals surface area contributed by atoms with Crippen molar-refractivity contribution in [1.29, 1.82) is 0 Å². The molecule has 0 bridgehead atoms. The number of carbonyl (C=O) groups is 2. The number of ether oxygens (including phenoxy) is 2. The third-order valence-corrected chi connectivity index (χ3v) is 8.23. The fourth-order valence-electron chi connectivity index (χ4n) is 4.44. The van der Waals surface area contributed by atoms with Crippen LogP contribution in [-0.2, 0) is 32.7 Å². The first-order valence-electron chi connectivity index (χ1n) is 17.9. The molecule has 11 heteroatoms. The lowest BCUT2D eigenvalue weighted by atomic mass is 10.1. The summed E-state index contributed by atoms with van der Waals surface area (Å²) < 4.78 is 32.4. The van der Waals surface area contributed by atoms with Crippen molar-refractivity contribution >= 4 is 19.8 Å². The van der Waals surface area contributed by atoms with Crippen molar-refractivity contribution in [2.75, 3.05) is 26.4 Å². The number of esters is 2. The quantitative estimate of drug-likeness (QED) is 0.0265. The summed E-state index contributed by atoms with van der Waals surface area (Å²) in [5.41, 5.74) is 0. The van der Waals surface area contributed by atoms with E-state index in [1.807, 2.05) is 12.2 Å². The number of phosphoric ester groups is 1. The molecule has 274 valence electrons. The number of aliphatic hydroxyl groups excluding tert-OH is 2. The van der Waals surface area contributed by atoms with E-state index in [9.17, 15) is 24.2 Å². The van der Waals surface area contributed by atoms with Gasteiger partial charge >= 0.3 is 19.8 Å². The first kappa shape index (κ1) is 45.2. The van der Waals surface area contributed by atoms with Crippen LogP contribution in [0.25, 0.3) is 0 Å². The average Bonchev–Trinajstić information content (AvgIpc) is 3.05. The zero-order chi connectivity index (χ0) is 34.9. The molecule has 0 rings (SSSR count). The number of unbranched alkanes of at least 4 members (excludes halogenated alkanes) is 13. The second-order valence-electron chi connectivity index (χ2n) is 11.9. The van der Waals surface area contributed by atoms with Crippen LogP contribution in [0.15, 0.2) is 36.5 Å². The van der Waals surface area contributed by atoms with E-state index in [1.54, 1.807) is 0 Å². The summed E-state index contributed by atoms with van der Waals surface area (Å²) >= 11 is 0. The lowest BCUT2D eigenvalue weighted by molar-refractivity contribution is -0.161. The Morgan fingerprint density at radius 2 is 1.17 bits per heavy atom. The SMILES string of the molecule is CCCC/C=C/CCCCCCCC(=O)OCC(COP(=O)(O)OC[C@@H](O)CO)OC(=O)CC/C=C/C/C=C/CCCCCCCC. The minimum Gasteiger partial charge on any atom is -0.462 e. The van der Waals surface area contributed by atoms with Crippen LogP contribution in [0.1, 0.15) is 142 Å². The molecule has 0 aromatic rings. The molecule has 3 N–H and O–H groups in total. The average molecular weight is 689 g/mol. The van der Waals surface area contributed by atoms with E-state index in [-0.39, 0.29) is 19.4 Å². The molecule has 0 aliphatic carbocycles. The van der Waals surface area contributed by atoms with Crippen molar-refractivity contribution < 1.29 is 47.8 Å². The molecule has 0 heterocycles. The standard InChI is InChI=1S/C36H65O10P/c1-3-5-7-9-11-13-15-16-18-20-22-24-26-28-36(40)46-34(32-45-47(41,42)44-30-33(38)29-37)31-43-35(39)27-25-23-21-19-17-14-12-10-8-6-4-2/h10,12,16,18,22,24,33-34,37-38H,3-9,11,13-15,17,19-21,23,25-32H2,1-2H3,(H,41,42)/b12-10+,18-16+,24-22+/t33-,34?/m0/s1. The summed E-state index contributed by atoms with van der Waals surface area (Å²) in [4.78, 5) is 34.7. The molecule has 10 nitrogen and oxygen atoms in total. The Hall–Kier alpha value is -1.81. The summed E-state index contributed by atoms with van der Waals surface area (Å²) in [6.45, 7) is 2.22. The van der Waals surface area contributed by atoms with Crippen LogP contribution in [-0.4, -0.2) is 65.7 Å². The molecule has 0 aliphatic heterocycles. The Kier molecular flexibility index (Phi) is 31.5. The van der Waals surface area contributed by atoms with Gasteiger partial charge in [0, 0.05) is 12.8 Å². The van der Waals surface area contributed by atoms with Crippen LogP contribution in [0, 0.1) is 0 Å². The predicted molar refractivity (Wildman–Crippen MR) is 187 cm³/mol. The van der Waals surface area contributed by atoms with Gasteiger partial charge in [-0.2, -0.15) is 0 Å². The molecular formula is C36H65O10P. The Bertz CT molecular complexity index is 889. The summed E-state index contributed by atoms with van der Waals surface area (Å²) in [6, 6.07) is 0. The van der Waals surface area contributed by atoms with E-state index in [4.69, 9.17) is 19.1 Å². The maximum absolute atomic E-state index is 12.5. The number of hydrogen-bond acceptors (Lipinski definition) is 9. The van der Waals surface area contributed by atoms with Gasteiger partial charge in [0.15, 0.2) is 6.10 Å². The van der Waals surface area contributed by atoms with Gasteiger partial charge in [-0.25, -0.2) is 4.57 Å². The van der Waals surface area contributed by atoms with E-state index in [0.717, 1.165) is 51.4 Å². The molecule has 2 unspecified atom stereocenters. The van der Waals surface area contributed by atoms with Gasteiger partial charge in [0.2, 0.25) is 0 Å². The van der Waals surface area contributed by atoms with E-state index in [0.29, 0.717) is 12.8 Å². The van der Waals surface area contributed by atoms with Gasteiger partial charge in [0.05, 0.1) is 19.8 Å². The molecule has 3 atom stereocenters. The topological polar surface area (TPSA) is 149 Å². The van der Waals surface area contributed by atoms with Gasteiger partial charge in [-0.15, -0.1) is 0 Å². The molecule has 0 saturated heterocycles. The maximum Gasteiger partial charge on any atom is 0.472 e. The summed E-state index contributed by atoms with van der Waals surface area (Å²) in [5, 5.41) is 18.2. The van der Waals surface area contributed by atoms with Crippen molar-refractivity contribution in [2.24, 2.45) is 0 Å². The Balaban J connectivity index is 4.52. The zero-order valence-corrected chi connectivity index (χ0v) is 30.1. The van der Waals surface area contributed by atoms with Crippen LogP contribution >= 0.6 is 7.82 Å². The van der Waals surface area contributed by atoms with Crippen molar-refractivity contribution in [3.8, 4) is 0 Å². The molecule has 0 aromatic heterocycles. The van der Waals surface area contributed by atoms with Crippen LogP contribution in [0.3, 0.4) is 0 Å². The smallest absolute Gasteiger partial charge is 0.462 e. The van der Waals surface area contributed by atoms with Gasteiger partial charge in [0.25, 0.3) is 0 Å². The number of allylic oxidation sites excluding steroid dienone is 6. The van der Waals surface area contributed by atoms with Crippen LogP contribution < -0.4 is 0 Å². The van der Waals surface area contributed by atoms with Gasteiger partial charge in [-0.3, -0.25) is 18.6 Å². The van der Waals surface area contributed by atoms with E-state index in [1.165, 1.54) is 51.4 Å². The number of rotatable bonds is 33. The van der Waals surface area contributed by atoms with Gasteiger partial charge in [0.1, 0.15) is 12.7 Å². The molecule has 0 saturated carbocycles. The second-order valence-corrected chi connectivity index (χ2v) is 13.3. The number of phosphoric acid groups is 1. The number of carbonyl (C=O) groups excluding carboxylic acids is 2. The molecule has 0 fully saturated rings. The number of aliphatic hydroxyl groups is 2. The molecule has 0 aliphatic rings. The Labute approximate surface area is 284 Å². The third-order valence-electron chi connectivity index (χ3n) is 7.28. The molecular weight excluding hydrogens is 623 g/mol. The summed E-state index contributed by atoms with van der Waals surface area (Å²) in [7, 11) is -4.62. The minimum atomic E-state index is -4.62. The predicted octanol–water partition coefficient (Wildman–Crippen LogP) is 8.44. The zero-order valence-electron chi connectivity index (χ0n) is 29.2. The molecule has 47 heavy (non-hydrogen) atoms. The molecule has 0 radical (unpaired) electrons. The highest BCUT2D eigenvalue weighted by molar-refractivity contribution is 7.47. The van der Waals surface area contributed by atoms with Crippen LogP contribution in [0.5, 0.6) is 0 Å². The van der Waals surface area contributed by atoms with Crippen molar-refractivity contribution in [3.63, 3.8) is 0 Å². The lowest BCUT2D eigenvalue weighted by Gasteiger charge is -2.20. The molecule has 0 aromatic carbocycles. The van der Waals surface area contributed by atoms with Crippen molar-refractivity contribution in [3.05, 3.63) is 36.5 Å². The summed E-state index contributed by atoms with van der Waals surface area (Å²) in [5.74, 6) is -1.02. The van der Waals surface area contributed by atoms with Gasteiger partial charge in [-0.1, -0.05) is 115 Å². The third kappa shape index (κ3) is 32.5. The fourth-order valence-corrected chi connectivity index (χ4v) is 5.23. The Morgan fingerprint density at radius 3 is 1.81 bits per heavy atom. The van der Waals surface area contributed by atoms with Crippen molar-refractivity contribution in [2.45, 2.75) is 154 Å². The fraction of sp³-hybridized carbons (Fsp3) is 0.778. The van der Waals surface area contributed by atoms with E-state index < -0.39 is 51.8 Å². The largest absolute Gasteiger partial charge is 0.472 e. The van der Waals surface area contributed by atoms with E-state index in [2.05, 4.69) is 42.7 Å². The Morgan fingerprint density at radius 1 is 0.638 bits per heavy atom. The highest BCUT2D eigenvalue weighted by Crippen LogP contribution is 2.43. The first-order chi connectivity index (χ1) is 22.7. The molecule has 0 spiro atoms. The first-order valence-corrected chi connectivity index (χ1v) is 19.4.